The van der Waals surface area contributed by atoms with Crippen molar-refractivity contribution in [3.05, 3.63) is 24.3 Å². The number of rotatable bonds is 53. The van der Waals surface area contributed by atoms with Crippen molar-refractivity contribution >= 4 is 5.91 Å². The number of hydrogen-bond donors (Lipinski definition) is 5. The van der Waals surface area contributed by atoms with Gasteiger partial charge in [0.05, 0.1) is 18.8 Å². The van der Waals surface area contributed by atoms with Crippen LogP contribution < -0.4 is 5.32 Å². The summed E-state index contributed by atoms with van der Waals surface area (Å²) in [4.78, 5) is 12.5. The van der Waals surface area contributed by atoms with E-state index in [1.54, 1.807) is 0 Å². The Labute approximate surface area is 399 Å². The third-order valence-electron chi connectivity index (χ3n) is 13.6. The molecule has 64 heavy (non-hydrogen) atoms. The van der Waals surface area contributed by atoms with E-state index in [1.807, 2.05) is 0 Å². The van der Waals surface area contributed by atoms with Crippen molar-refractivity contribution in [2.24, 2.45) is 0 Å². The van der Waals surface area contributed by atoms with Gasteiger partial charge >= 0.3 is 0 Å². The molecule has 0 aromatic carbocycles. The lowest BCUT2D eigenvalue weighted by molar-refractivity contribution is -0.132. The van der Waals surface area contributed by atoms with Crippen LogP contribution in [0.15, 0.2) is 24.3 Å². The molecule has 4 unspecified atom stereocenters. The number of unbranched alkanes of at least 4 members (excludes halogenated alkanes) is 40. The Kier molecular flexibility index (Phi) is 51.8. The number of amides is 1. The molecule has 6 nitrogen and oxygen atoms in total. The first kappa shape index (κ1) is 62.8. The maximum absolute atomic E-state index is 12.5. The van der Waals surface area contributed by atoms with Gasteiger partial charge in [-0.1, -0.05) is 269 Å². The zero-order valence-corrected chi connectivity index (χ0v) is 43.0. The molecule has 6 heteroatoms. The Hall–Kier alpha value is -1.21. The Balaban J connectivity index is 3.47. The van der Waals surface area contributed by atoms with E-state index in [4.69, 9.17) is 0 Å². The predicted octanol–water partition coefficient (Wildman–Crippen LogP) is 16.6. The SMILES string of the molecule is CCCCCCC/C=C/CCCC(O)C(O)C(CO)NC(=O)C(O)CCCCCCCCCCCCCCCCCC/C=C\CCCCCCCCCCCCCCCCCCCC. The number of aliphatic hydroxyl groups is 4. The van der Waals surface area contributed by atoms with Crippen molar-refractivity contribution in [3.8, 4) is 0 Å². The monoisotopic (exact) mass is 904 g/mol. The van der Waals surface area contributed by atoms with Crippen LogP contribution in [0, 0.1) is 0 Å². The van der Waals surface area contributed by atoms with Crippen LogP contribution in [0.4, 0.5) is 0 Å². The van der Waals surface area contributed by atoms with Crippen LogP contribution in [0.5, 0.6) is 0 Å². The molecule has 0 spiro atoms. The summed E-state index contributed by atoms with van der Waals surface area (Å²) in [6.07, 6.45) is 64.4. The van der Waals surface area contributed by atoms with Gasteiger partial charge in [-0.25, -0.2) is 0 Å². The van der Waals surface area contributed by atoms with Crippen molar-refractivity contribution in [1.82, 2.24) is 5.32 Å². The second-order valence-corrected chi connectivity index (χ2v) is 20.0. The van der Waals surface area contributed by atoms with Crippen LogP contribution in [0.3, 0.4) is 0 Å². The molecule has 0 saturated heterocycles. The molecule has 0 radical (unpaired) electrons. The fraction of sp³-hybridized carbons (Fsp3) is 0.914. The minimum Gasteiger partial charge on any atom is -0.394 e. The molecule has 0 aromatic heterocycles. The van der Waals surface area contributed by atoms with Crippen LogP contribution in [0.25, 0.3) is 0 Å². The molecule has 0 aliphatic rings. The molecular formula is C58H113NO5. The fourth-order valence-corrected chi connectivity index (χ4v) is 9.11. The highest BCUT2D eigenvalue weighted by molar-refractivity contribution is 5.80. The number of allylic oxidation sites excluding steroid dienone is 4. The Morgan fingerprint density at radius 3 is 0.938 bits per heavy atom. The van der Waals surface area contributed by atoms with Gasteiger partial charge in [0.1, 0.15) is 12.2 Å². The average molecular weight is 905 g/mol. The highest BCUT2D eigenvalue weighted by Crippen LogP contribution is 2.18. The zero-order chi connectivity index (χ0) is 46.7. The van der Waals surface area contributed by atoms with Crippen molar-refractivity contribution in [3.63, 3.8) is 0 Å². The quantitative estimate of drug-likeness (QED) is 0.0308. The van der Waals surface area contributed by atoms with Gasteiger partial charge in [-0.3, -0.25) is 4.79 Å². The van der Waals surface area contributed by atoms with Crippen LogP contribution in [0.2, 0.25) is 0 Å². The topological polar surface area (TPSA) is 110 Å². The van der Waals surface area contributed by atoms with Gasteiger partial charge in [0.15, 0.2) is 0 Å². The summed E-state index contributed by atoms with van der Waals surface area (Å²) >= 11 is 0. The highest BCUT2D eigenvalue weighted by Gasteiger charge is 2.28. The molecule has 0 aromatic rings. The average Bonchev–Trinajstić information content (AvgIpc) is 3.30. The van der Waals surface area contributed by atoms with E-state index in [1.165, 1.54) is 244 Å². The van der Waals surface area contributed by atoms with E-state index in [0.29, 0.717) is 12.8 Å². The first-order chi connectivity index (χ1) is 31.5. The Bertz CT molecular complexity index is 970. The first-order valence-corrected chi connectivity index (χ1v) is 28.7. The predicted molar refractivity (Wildman–Crippen MR) is 279 cm³/mol. The number of carbonyl (C=O) groups excluding carboxylic acids is 1. The molecule has 4 atom stereocenters. The van der Waals surface area contributed by atoms with Crippen molar-refractivity contribution < 1.29 is 25.2 Å². The van der Waals surface area contributed by atoms with E-state index < -0.39 is 36.9 Å². The molecule has 380 valence electrons. The summed E-state index contributed by atoms with van der Waals surface area (Å²) < 4.78 is 0. The van der Waals surface area contributed by atoms with Gasteiger partial charge in [0, 0.05) is 0 Å². The van der Waals surface area contributed by atoms with Crippen LogP contribution >= 0.6 is 0 Å². The molecule has 0 aliphatic carbocycles. The normalized spacial score (nSPS) is 13.9. The minimum atomic E-state index is -1.28. The number of aliphatic hydroxyl groups excluding tert-OH is 4. The largest absolute Gasteiger partial charge is 0.394 e. The molecule has 1 amide bonds. The van der Waals surface area contributed by atoms with Crippen LogP contribution in [0.1, 0.15) is 309 Å². The van der Waals surface area contributed by atoms with Crippen LogP contribution in [-0.4, -0.2) is 57.3 Å². The number of carbonyl (C=O) groups is 1. The Morgan fingerprint density at radius 2 is 0.641 bits per heavy atom. The van der Waals surface area contributed by atoms with Gasteiger partial charge in [-0.2, -0.15) is 0 Å². The maximum atomic E-state index is 12.5. The molecule has 0 fully saturated rings. The molecular weight excluding hydrogens is 791 g/mol. The lowest BCUT2D eigenvalue weighted by Crippen LogP contribution is -2.53. The van der Waals surface area contributed by atoms with Gasteiger partial charge in [-0.15, -0.1) is 0 Å². The third-order valence-corrected chi connectivity index (χ3v) is 13.6. The molecule has 0 bridgehead atoms. The number of hydrogen-bond acceptors (Lipinski definition) is 5. The van der Waals surface area contributed by atoms with Crippen molar-refractivity contribution in [2.45, 2.75) is 334 Å². The standard InChI is InChI=1S/C58H113NO5/c1-3-5-7-9-11-13-15-16-17-18-19-20-21-22-23-24-25-26-27-28-29-30-31-32-33-34-35-36-37-38-39-40-41-42-44-46-48-50-52-56(62)58(64)59-54(53-60)57(63)55(61)51-49-47-45-43-14-12-10-8-6-4-2/h28-29,43,45,54-57,60-63H,3-27,30-42,44,46-53H2,1-2H3,(H,59,64)/b29-28-,45-43+. The minimum absolute atomic E-state index is 0.366. The van der Waals surface area contributed by atoms with Crippen molar-refractivity contribution in [1.29, 1.82) is 0 Å². The Morgan fingerprint density at radius 1 is 0.375 bits per heavy atom. The van der Waals surface area contributed by atoms with Gasteiger partial charge in [0.2, 0.25) is 5.91 Å². The first-order valence-electron chi connectivity index (χ1n) is 28.7. The van der Waals surface area contributed by atoms with E-state index >= 15 is 0 Å². The number of nitrogens with one attached hydrogen (secondary N) is 1. The maximum Gasteiger partial charge on any atom is 0.249 e. The second-order valence-electron chi connectivity index (χ2n) is 20.0. The van der Waals surface area contributed by atoms with E-state index in [2.05, 4.69) is 43.5 Å². The van der Waals surface area contributed by atoms with Gasteiger partial charge in [0.25, 0.3) is 0 Å². The molecule has 0 heterocycles. The summed E-state index contributed by atoms with van der Waals surface area (Å²) in [6.45, 7) is 4.03. The highest BCUT2D eigenvalue weighted by atomic mass is 16.3. The van der Waals surface area contributed by atoms with Crippen LogP contribution in [-0.2, 0) is 4.79 Å². The van der Waals surface area contributed by atoms with Crippen molar-refractivity contribution in [2.75, 3.05) is 6.61 Å². The third kappa shape index (κ3) is 45.9. The summed E-state index contributed by atoms with van der Waals surface area (Å²) in [5, 5.41) is 43.6. The molecule has 5 N–H and O–H groups in total. The summed E-state index contributed by atoms with van der Waals surface area (Å²) in [5.41, 5.74) is 0. The van der Waals surface area contributed by atoms with Gasteiger partial charge < -0.3 is 25.7 Å². The fourth-order valence-electron chi connectivity index (χ4n) is 9.11. The summed E-state index contributed by atoms with van der Waals surface area (Å²) in [6, 6.07) is -0.999. The second kappa shape index (κ2) is 52.8. The summed E-state index contributed by atoms with van der Waals surface area (Å²) in [5.74, 6) is -0.591. The molecule has 0 rings (SSSR count). The lowest BCUT2D eigenvalue weighted by atomic mass is 10.00. The zero-order valence-electron chi connectivity index (χ0n) is 43.0. The van der Waals surface area contributed by atoms with E-state index in [0.717, 1.165) is 38.5 Å². The van der Waals surface area contributed by atoms with E-state index in [9.17, 15) is 25.2 Å². The lowest BCUT2D eigenvalue weighted by Gasteiger charge is -2.27. The smallest absolute Gasteiger partial charge is 0.249 e. The van der Waals surface area contributed by atoms with Gasteiger partial charge in [-0.05, 0) is 64.2 Å². The summed E-state index contributed by atoms with van der Waals surface area (Å²) in [7, 11) is 0. The molecule has 0 saturated carbocycles. The molecule has 0 aliphatic heterocycles. The van der Waals surface area contributed by atoms with E-state index in [-0.39, 0.29) is 0 Å².